The van der Waals surface area contributed by atoms with E-state index in [1.807, 2.05) is 4.90 Å². The standard InChI is InChI=1S/C21H25FN2O2/c22-17-8-6-16(7-9-17)20(26)23-14-21-11-2-1-3-18(21)24(13-15-4-5-15)19(25)10-12-21/h3,6-9,15H,1-2,4-5,10-14H2,(H,23,26). The van der Waals surface area contributed by atoms with Gasteiger partial charge < -0.3 is 10.2 Å². The van der Waals surface area contributed by atoms with Gasteiger partial charge in [0.15, 0.2) is 0 Å². The van der Waals surface area contributed by atoms with Gasteiger partial charge in [-0.25, -0.2) is 4.39 Å². The van der Waals surface area contributed by atoms with Crippen molar-refractivity contribution < 1.29 is 14.0 Å². The number of benzene rings is 1. The fourth-order valence-electron chi connectivity index (χ4n) is 4.27. The number of allylic oxidation sites excluding steroid dienone is 1. The lowest BCUT2D eigenvalue weighted by Crippen LogP contribution is -2.51. The van der Waals surface area contributed by atoms with Crippen LogP contribution in [0.3, 0.4) is 0 Å². The minimum atomic E-state index is -0.348. The summed E-state index contributed by atoms with van der Waals surface area (Å²) in [7, 11) is 0. The summed E-state index contributed by atoms with van der Waals surface area (Å²) < 4.78 is 13.1. The molecule has 0 bridgehead atoms. The van der Waals surface area contributed by atoms with Gasteiger partial charge in [0, 0.05) is 36.2 Å². The van der Waals surface area contributed by atoms with Crippen molar-refractivity contribution in [2.24, 2.45) is 11.3 Å². The fourth-order valence-corrected chi connectivity index (χ4v) is 4.27. The molecule has 138 valence electrons. The van der Waals surface area contributed by atoms with Crippen molar-refractivity contribution in [3.63, 3.8) is 0 Å². The number of rotatable bonds is 5. The molecule has 2 aliphatic carbocycles. The molecule has 0 aromatic heterocycles. The second kappa shape index (κ2) is 6.86. The molecule has 1 saturated carbocycles. The summed E-state index contributed by atoms with van der Waals surface area (Å²) in [4.78, 5) is 27.0. The van der Waals surface area contributed by atoms with Crippen LogP contribution in [0.2, 0.25) is 0 Å². The van der Waals surface area contributed by atoms with Gasteiger partial charge in [0.1, 0.15) is 5.82 Å². The Morgan fingerprint density at radius 3 is 2.73 bits per heavy atom. The summed E-state index contributed by atoms with van der Waals surface area (Å²) in [6, 6.07) is 5.61. The topological polar surface area (TPSA) is 49.4 Å². The predicted molar refractivity (Wildman–Crippen MR) is 96.8 cm³/mol. The van der Waals surface area contributed by atoms with Gasteiger partial charge in [0.2, 0.25) is 5.91 Å². The molecule has 3 aliphatic rings. The molecule has 1 aromatic carbocycles. The maximum absolute atomic E-state index is 13.1. The molecule has 26 heavy (non-hydrogen) atoms. The van der Waals surface area contributed by atoms with Crippen molar-refractivity contribution in [2.75, 3.05) is 13.1 Å². The van der Waals surface area contributed by atoms with E-state index in [1.165, 1.54) is 37.1 Å². The van der Waals surface area contributed by atoms with E-state index >= 15 is 0 Å². The van der Waals surface area contributed by atoms with Crippen LogP contribution in [0.5, 0.6) is 0 Å². The number of halogens is 1. The molecule has 1 heterocycles. The zero-order valence-corrected chi connectivity index (χ0v) is 15.0. The largest absolute Gasteiger partial charge is 0.351 e. The number of hydrogen-bond donors (Lipinski definition) is 1. The van der Waals surface area contributed by atoms with Crippen molar-refractivity contribution in [3.8, 4) is 0 Å². The molecule has 0 spiro atoms. The van der Waals surface area contributed by atoms with Gasteiger partial charge in [-0.2, -0.15) is 0 Å². The average molecular weight is 356 g/mol. The van der Waals surface area contributed by atoms with E-state index in [4.69, 9.17) is 0 Å². The number of amides is 2. The molecule has 0 radical (unpaired) electrons. The van der Waals surface area contributed by atoms with Crippen molar-refractivity contribution in [1.82, 2.24) is 10.2 Å². The highest BCUT2D eigenvalue weighted by Gasteiger charge is 2.45. The van der Waals surface area contributed by atoms with E-state index in [-0.39, 0.29) is 23.0 Å². The van der Waals surface area contributed by atoms with Gasteiger partial charge >= 0.3 is 0 Å². The lowest BCUT2D eigenvalue weighted by molar-refractivity contribution is -0.134. The minimum Gasteiger partial charge on any atom is -0.351 e. The highest BCUT2D eigenvalue weighted by Crippen LogP contribution is 2.47. The van der Waals surface area contributed by atoms with Crippen LogP contribution in [0.15, 0.2) is 36.0 Å². The number of nitrogens with one attached hydrogen (secondary N) is 1. The van der Waals surface area contributed by atoms with Gasteiger partial charge in [-0.1, -0.05) is 6.08 Å². The quantitative estimate of drug-likeness (QED) is 0.876. The number of piperidine rings is 1. The molecule has 1 N–H and O–H groups in total. The summed E-state index contributed by atoms with van der Waals surface area (Å²) >= 11 is 0. The van der Waals surface area contributed by atoms with Gasteiger partial charge in [-0.15, -0.1) is 0 Å². The van der Waals surface area contributed by atoms with Gasteiger partial charge in [-0.05, 0) is 68.7 Å². The van der Waals surface area contributed by atoms with Crippen molar-refractivity contribution in [3.05, 3.63) is 47.4 Å². The molecule has 1 aromatic rings. The highest BCUT2D eigenvalue weighted by atomic mass is 19.1. The summed E-state index contributed by atoms with van der Waals surface area (Å²) in [6.07, 6.45) is 9.07. The van der Waals surface area contributed by atoms with Crippen molar-refractivity contribution in [1.29, 1.82) is 0 Å². The molecule has 5 heteroatoms. The molecule has 4 rings (SSSR count). The Bertz CT molecular complexity index is 739. The second-order valence-electron chi connectivity index (χ2n) is 7.90. The number of carbonyl (C=O) groups excluding carboxylic acids is 2. The first-order valence-electron chi connectivity index (χ1n) is 9.62. The normalized spacial score (nSPS) is 25.5. The van der Waals surface area contributed by atoms with Crippen LogP contribution in [0.25, 0.3) is 0 Å². The van der Waals surface area contributed by atoms with E-state index in [9.17, 15) is 14.0 Å². The molecule has 1 unspecified atom stereocenters. The maximum atomic E-state index is 13.1. The summed E-state index contributed by atoms with van der Waals surface area (Å²) in [5.41, 5.74) is 1.45. The van der Waals surface area contributed by atoms with Gasteiger partial charge in [0.05, 0.1) is 0 Å². The SMILES string of the molecule is O=C(NCC12CCCC=C1N(CC1CC1)C(=O)CC2)c1ccc(F)cc1. The van der Waals surface area contributed by atoms with Gasteiger partial charge in [0.25, 0.3) is 5.91 Å². The lowest BCUT2D eigenvalue weighted by Gasteiger charge is -2.47. The minimum absolute atomic E-state index is 0.142. The number of hydrogen-bond acceptors (Lipinski definition) is 2. The van der Waals surface area contributed by atoms with Gasteiger partial charge in [-0.3, -0.25) is 9.59 Å². The molecule has 4 nitrogen and oxygen atoms in total. The van der Waals surface area contributed by atoms with Crippen LogP contribution in [0, 0.1) is 17.2 Å². The molecule has 2 fully saturated rings. The Morgan fingerprint density at radius 2 is 2.00 bits per heavy atom. The van der Waals surface area contributed by atoms with Crippen LogP contribution in [-0.4, -0.2) is 29.8 Å². The molecular formula is C21H25FN2O2. The zero-order valence-electron chi connectivity index (χ0n) is 15.0. The maximum Gasteiger partial charge on any atom is 0.251 e. The Hall–Kier alpha value is -2.17. The van der Waals surface area contributed by atoms with E-state index in [1.54, 1.807) is 0 Å². The van der Waals surface area contributed by atoms with Crippen LogP contribution in [0.1, 0.15) is 55.3 Å². The first-order valence-corrected chi connectivity index (χ1v) is 9.62. The number of fused-ring (bicyclic) bond motifs is 1. The Kier molecular flexibility index (Phi) is 4.55. The van der Waals surface area contributed by atoms with Crippen LogP contribution in [0.4, 0.5) is 4.39 Å². The third-order valence-corrected chi connectivity index (χ3v) is 5.98. The molecule has 1 aliphatic heterocycles. The number of likely N-dealkylation sites (tertiary alicyclic amines) is 1. The number of carbonyl (C=O) groups is 2. The molecule has 2 amide bonds. The summed E-state index contributed by atoms with van der Waals surface area (Å²) in [6.45, 7) is 1.36. The predicted octanol–water partition coefficient (Wildman–Crippen LogP) is 3.64. The Balaban J connectivity index is 1.50. The Labute approximate surface area is 153 Å². The first-order chi connectivity index (χ1) is 12.6. The first kappa shape index (κ1) is 17.3. The third kappa shape index (κ3) is 3.39. The summed E-state index contributed by atoms with van der Waals surface area (Å²) in [5.74, 6) is 0.339. The van der Waals surface area contributed by atoms with Crippen LogP contribution in [-0.2, 0) is 4.79 Å². The monoisotopic (exact) mass is 356 g/mol. The molecule has 1 atom stereocenters. The fraction of sp³-hybridized carbons (Fsp3) is 0.524. The molecular weight excluding hydrogens is 331 g/mol. The zero-order chi connectivity index (χ0) is 18.1. The number of nitrogens with zero attached hydrogens (tertiary/aromatic N) is 1. The van der Waals surface area contributed by atoms with E-state index in [0.717, 1.165) is 37.9 Å². The summed E-state index contributed by atoms with van der Waals surface area (Å²) in [5, 5.41) is 3.04. The average Bonchev–Trinajstić information content (AvgIpc) is 3.47. The second-order valence-corrected chi connectivity index (χ2v) is 7.90. The molecule has 1 saturated heterocycles. The lowest BCUT2D eigenvalue weighted by atomic mass is 9.69. The van der Waals surface area contributed by atoms with E-state index < -0.39 is 0 Å². The highest BCUT2D eigenvalue weighted by molar-refractivity contribution is 5.94. The Morgan fingerprint density at radius 1 is 1.23 bits per heavy atom. The van der Waals surface area contributed by atoms with E-state index in [0.29, 0.717) is 24.4 Å². The van der Waals surface area contributed by atoms with Crippen molar-refractivity contribution >= 4 is 11.8 Å². The van der Waals surface area contributed by atoms with Crippen LogP contribution < -0.4 is 5.32 Å². The van der Waals surface area contributed by atoms with Crippen LogP contribution >= 0.6 is 0 Å². The van der Waals surface area contributed by atoms with Crippen molar-refractivity contribution in [2.45, 2.75) is 44.9 Å². The smallest absolute Gasteiger partial charge is 0.251 e. The third-order valence-electron chi connectivity index (χ3n) is 5.98. The van der Waals surface area contributed by atoms with E-state index in [2.05, 4.69) is 11.4 Å².